The van der Waals surface area contributed by atoms with Crippen LogP contribution in [-0.4, -0.2) is 33.3 Å². The van der Waals surface area contributed by atoms with Gasteiger partial charge in [0.15, 0.2) is 0 Å². The maximum atomic E-state index is 11.7. The third kappa shape index (κ3) is 3.04. The molecule has 94 valence electrons. The Bertz CT molecular complexity index is 536. The molecule has 0 radical (unpaired) electrons. The minimum absolute atomic E-state index is 0.0210. The number of benzene rings is 1. The lowest BCUT2D eigenvalue weighted by molar-refractivity contribution is 0.0827. The van der Waals surface area contributed by atoms with Crippen molar-refractivity contribution < 1.29 is 13.2 Å². The van der Waals surface area contributed by atoms with Crippen LogP contribution in [-0.2, 0) is 16.4 Å². The molecule has 0 atom stereocenters. The molecule has 2 N–H and O–H groups in total. The SMILES string of the molecule is CCc1ccc(C(=O)N(C)C)cc1S(N)(=O)=O. The van der Waals surface area contributed by atoms with Gasteiger partial charge in [-0.2, -0.15) is 0 Å². The molecule has 1 aromatic carbocycles. The number of hydrogen-bond donors (Lipinski definition) is 1. The summed E-state index contributed by atoms with van der Waals surface area (Å²) in [4.78, 5) is 13.1. The number of carbonyl (C=O) groups is 1. The lowest BCUT2D eigenvalue weighted by Gasteiger charge is -2.12. The standard InChI is InChI=1S/C11H16N2O3S/c1-4-8-5-6-9(11(14)13(2)3)7-10(8)17(12,15)16/h5-7H,4H2,1-3H3,(H2,12,15,16). The van der Waals surface area contributed by atoms with Crippen LogP contribution in [0, 0.1) is 0 Å². The van der Waals surface area contributed by atoms with Gasteiger partial charge in [0.05, 0.1) is 4.90 Å². The zero-order chi connectivity index (χ0) is 13.2. The van der Waals surface area contributed by atoms with E-state index in [1.807, 2.05) is 6.92 Å². The van der Waals surface area contributed by atoms with Gasteiger partial charge >= 0.3 is 0 Å². The number of carbonyl (C=O) groups excluding carboxylic acids is 1. The molecule has 17 heavy (non-hydrogen) atoms. The molecule has 0 aliphatic rings. The number of rotatable bonds is 3. The molecule has 0 fully saturated rings. The van der Waals surface area contributed by atoms with E-state index in [0.29, 0.717) is 17.5 Å². The fourth-order valence-electron chi connectivity index (χ4n) is 1.50. The molecule has 0 saturated carbocycles. The van der Waals surface area contributed by atoms with Crippen molar-refractivity contribution in [3.05, 3.63) is 29.3 Å². The smallest absolute Gasteiger partial charge is 0.253 e. The fraction of sp³-hybridized carbons (Fsp3) is 0.364. The average molecular weight is 256 g/mol. The number of primary sulfonamides is 1. The molecule has 0 aliphatic carbocycles. The van der Waals surface area contributed by atoms with Crippen molar-refractivity contribution in [1.82, 2.24) is 4.90 Å². The first-order chi connectivity index (χ1) is 7.77. The topological polar surface area (TPSA) is 80.5 Å². The highest BCUT2D eigenvalue weighted by Crippen LogP contribution is 2.18. The highest BCUT2D eigenvalue weighted by Gasteiger charge is 2.17. The first-order valence-corrected chi connectivity index (χ1v) is 6.69. The maximum absolute atomic E-state index is 11.7. The molecule has 1 rings (SSSR count). The predicted molar refractivity (Wildman–Crippen MR) is 65.2 cm³/mol. The molecule has 0 saturated heterocycles. The molecule has 0 unspecified atom stereocenters. The first kappa shape index (κ1) is 13.7. The van der Waals surface area contributed by atoms with Crippen LogP contribution in [0.5, 0.6) is 0 Å². The van der Waals surface area contributed by atoms with Crippen molar-refractivity contribution in [2.75, 3.05) is 14.1 Å². The Morgan fingerprint density at radius 3 is 2.35 bits per heavy atom. The van der Waals surface area contributed by atoms with E-state index in [1.165, 1.54) is 11.0 Å². The number of amides is 1. The zero-order valence-electron chi connectivity index (χ0n) is 10.1. The summed E-state index contributed by atoms with van der Waals surface area (Å²) >= 11 is 0. The van der Waals surface area contributed by atoms with Gasteiger partial charge in [0.25, 0.3) is 5.91 Å². The summed E-state index contributed by atoms with van der Waals surface area (Å²) in [5.74, 6) is -0.252. The quantitative estimate of drug-likeness (QED) is 0.859. The monoisotopic (exact) mass is 256 g/mol. The van der Waals surface area contributed by atoms with Crippen molar-refractivity contribution in [2.24, 2.45) is 5.14 Å². The average Bonchev–Trinajstić information content (AvgIpc) is 2.25. The Hall–Kier alpha value is -1.40. The summed E-state index contributed by atoms with van der Waals surface area (Å²) in [6.45, 7) is 1.83. The molecule has 1 aromatic rings. The van der Waals surface area contributed by atoms with Crippen LogP contribution in [0.4, 0.5) is 0 Å². The first-order valence-electron chi connectivity index (χ1n) is 5.14. The van der Waals surface area contributed by atoms with Crippen LogP contribution in [0.2, 0.25) is 0 Å². The van der Waals surface area contributed by atoms with E-state index in [2.05, 4.69) is 0 Å². The molecule has 0 heterocycles. The number of nitrogens with two attached hydrogens (primary N) is 1. The Morgan fingerprint density at radius 2 is 1.94 bits per heavy atom. The summed E-state index contributed by atoms with van der Waals surface area (Å²) in [7, 11) is -0.590. The molecule has 0 spiro atoms. The van der Waals surface area contributed by atoms with Gasteiger partial charge in [0, 0.05) is 19.7 Å². The third-order valence-corrected chi connectivity index (χ3v) is 3.40. The molecule has 0 aliphatic heterocycles. The van der Waals surface area contributed by atoms with Gasteiger partial charge < -0.3 is 4.90 Å². The minimum Gasteiger partial charge on any atom is -0.345 e. The van der Waals surface area contributed by atoms with Crippen LogP contribution >= 0.6 is 0 Å². The van der Waals surface area contributed by atoms with E-state index < -0.39 is 10.0 Å². The molecule has 0 bridgehead atoms. The van der Waals surface area contributed by atoms with Gasteiger partial charge in [0.1, 0.15) is 0 Å². The van der Waals surface area contributed by atoms with Crippen LogP contribution < -0.4 is 5.14 Å². The maximum Gasteiger partial charge on any atom is 0.253 e. The summed E-state index contributed by atoms with van der Waals surface area (Å²) in [5, 5.41) is 5.13. The summed E-state index contributed by atoms with van der Waals surface area (Å²) in [6.07, 6.45) is 0.544. The van der Waals surface area contributed by atoms with Gasteiger partial charge in [-0.25, -0.2) is 13.6 Å². The molecule has 6 heteroatoms. The number of sulfonamides is 1. The van der Waals surface area contributed by atoms with Crippen LogP contribution in [0.25, 0.3) is 0 Å². The Balaban J connectivity index is 3.38. The molecular formula is C11H16N2O3S. The fourth-order valence-corrected chi connectivity index (χ4v) is 2.37. The van der Waals surface area contributed by atoms with Gasteiger partial charge in [-0.05, 0) is 24.1 Å². The lowest BCUT2D eigenvalue weighted by atomic mass is 10.1. The van der Waals surface area contributed by atoms with Crippen molar-refractivity contribution in [1.29, 1.82) is 0 Å². The molecule has 1 amide bonds. The summed E-state index contributed by atoms with van der Waals surface area (Å²) in [6, 6.07) is 4.56. The normalized spacial score (nSPS) is 11.3. The van der Waals surface area contributed by atoms with Crippen molar-refractivity contribution >= 4 is 15.9 Å². The van der Waals surface area contributed by atoms with E-state index >= 15 is 0 Å². The van der Waals surface area contributed by atoms with Gasteiger partial charge in [-0.15, -0.1) is 0 Å². The molecule has 5 nitrogen and oxygen atoms in total. The van der Waals surface area contributed by atoms with Crippen LogP contribution in [0.1, 0.15) is 22.8 Å². The second-order valence-electron chi connectivity index (χ2n) is 3.92. The third-order valence-electron chi connectivity index (χ3n) is 2.41. The van der Waals surface area contributed by atoms with Crippen LogP contribution in [0.3, 0.4) is 0 Å². The van der Waals surface area contributed by atoms with Gasteiger partial charge in [-0.1, -0.05) is 13.0 Å². The molecular weight excluding hydrogens is 240 g/mol. The van der Waals surface area contributed by atoms with Crippen molar-refractivity contribution in [2.45, 2.75) is 18.2 Å². The van der Waals surface area contributed by atoms with Crippen molar-refractivity contribution in [3.8, 4) is 0 Å². The van der Waals surface area contributed by atoms with Gasteiger partial charge in [-0.3, -0.25) is 4.79 Å². The second kappa shape index (κ2) is 4.85. The Labute approximate surface area is 101 Å². The van der Waals surface area contributed by atoms with E-state index in [1.54, 1.807) is 26.2 Å². The highest BCUT2D eigenvalue weighted by molar-refractivity contribution is 7.89. The predicted octanol–water partition coefficient (Wildman–Crippen LogP) is 0.598. The van der Waals surface area contributed by atoms with E-state index in [9.17, 15) is 13.2 Å². The summed E-state index contributed by atoms with van der Waals surface area (Å²) < 4.78 is 22.8. The second-order valence-corrected chi connectivity index (χ2v) is 5.45. The van der Waals surface area contributed by atoms with Gasteiger partial charge in [0.2, 0.25) is 10.0 Å². The van der Waals surface area contributed by atoms with Crippen molar-refractivity contribution in [3.63, 3.8) is 0 Å². The van der Waals surface area contributed by atoms with E-state index in [4.69, 9.17) is 5.14 Å². The molecule has 0 aromatic heterocycles. The summed E-state index contributed by atoms with van der Waals surface area (Å²) in [5.41, 5.74) is 0.930. The number of nitrogens with zero attached hydrogens (tertiary/aromatic N) is 1. The van der Waals surface area contributed by atoms with E-state index in [-0.39, 0.29) is 10.8 Å². The largest absolute Gasteiger partial charge is 0.345 e. The highest BCUT2D eigenvalue weighted by atomic mass is 32.2. The van der Waals surface area contributed by atoms with E-state index in [0.717, 1.165) is 0 Å². The number of hydrogen-bond acceptors (Lipinski definition) is 3. The minimum atomic E-state index is -3.80. The Morgan fingerprint density at radius 1 is 1.35 bits per heavy atom. The Kier molecular flexibility index (Phi) is 3.90. The zero-order valence-corrected chi connectivity index (χ0v) is 10.9. The van der Waals surface area contributed by atoms with Crippen LogP contribution in [0.15, 0.2) is 23.1 Å². The lowest BCUT2D eigenvalue weighted by Crippen LogP contribution is -2.23. The number of aryl methyl sites for hydroxylation is 1.